The number of anilines is 1. The first kappa shape index (κ1) is 13.6. The molecule has 1 N–H and O–H groups in total. The van der Waals surface area contributed by atoms with E-state index in [4.69, 9.17) is 14.5 Å². The van der Waals surface area contributed by atoms with Crippen molar-refractivity contribution in [2.45, 2.75) is 32.2 Å². The second-order valence-electron chi connectivity index (χ2n) is 5.39. The maximum Gasteiger partial charge on any atom is 0.163 e. The zero-order chi connectivity index (χ0) is 14.0. The van der Waals surface area contributed by atoms with Gasteiger partial charge in [-0.1, -0.05) is 18.7 Å². The average molecular weight is 292 g/mol. The average Bonchev–Trinajstić information content (AvgIpc) is 2.68. The van der Waals surface area contributed by atoms with Crippen LogP contribution in [0.1, 0.15) is 26.7 Å². The van der Waals surface area contributed by atoms with Gasteiger partial charge in [-0.3, -0.25) is 4.99 Å². The van der Waals surface area contributed by atoms with Gasteiger partial charge in [-0.15, -0.1) is 0 Å². The van der Waals surface area contributed by atoms with Crippen molar-refractivity contribution in [1.82, 2.24) is 0 Å². The van der Waals surface area contributed by atoms with Gasteiger partial charge >= 0.3 is 0 Å². The molecule has 0 saturated carbocycles. The molecule has 4 nitrogen and oxygen atoms in total. The molecule has 108 valence electrons. The number of benzene rings is 1. The van der Waals surface area contributed by atoms with E-state index in [2.05, 4.69) is 19.2 Å². The van der Waals surface area contributed by atoms with Crippen LogP contribution in [0.2, 0.25) is 0 Å². The van der Waals surface area contributed by atoms with Crippen LogP contribution in [-0.2, 0) is 0 Å². The fourth-order valence-electron chi connectivity index (χ4n) is 2.14. The van der Waals surface area contributed by atoms with E-state index >= 15 is 0 Å². The predicted molar refractivity (Wildman–Crippen MR) is 84.3 cm³/mol. The van der Waals surface area contributed by atoms with Gasteiger partial charge in [0.2, 0.25) is 0 Å². The molecule has 1 aromatic rings. The number of ether oxygens (including phenoxy) is 2. The van der Waals surface area contributed by atoms with Crippen molar-refractivity contribution >= 4 is 22.6 Å². The summed E-state index contributed by atoms with van der Waals surface area (Å²) >= 11 is 1.78. The van der Waals surface area contributed by atoms with Gasteiger partial charge in [0, 0.05) is 23.9 Å². The minimum Gasteiger partial charge on any atom is -0.490 e. The monoisotopic (exact) mass is 292 g/mol. The molecule has 2 aliphatic heterocycles. The van der Waals surface area contributed by atoms with Gasteiger partial charge in [-0.05, 0) is 25.5 Å². The highest BCUT2D eigenvalue weighted by Crippen LogP contribution is 2.34. The highest BCUT2D eigenvalue weighted by atomic mass is 32.2. The zero-order valence-electron chi connectivity index (χ0n) is 11.9. The Morgan fingerprint density at radius 1 is 1.30 bits per heavy atom. The highest BCUT2D eigenvalue weighted by Gasteiger charge is 2.28. The van der Waals surface area contributed by atoms with E-state index in [1.807, 2.05) is 18.2 Å². The van der Waals surface area contributed by atoms with Crippen molar-refractivity contribution in [3.63, 3.8) is 0 Å². The summed E-state index contributed by atoms with van der Waals surface area (Å²) in [4.78, 5) is 4.76. The van der Waals surface area contributed by atoms with Crippen LogP contribution in [0.3, 0.4) is 0 Å². The minimum absolute atomic E-state index is 0.0678. The van der Waals surface area contributed by atoms with Crippen LogP contribution in [0.4, 0.5) is 5.69 Å². The number of aliphatic imine (C=N–C) groups is 1. The van der Waals surface area contributed by atoms with Crippen LogP contribution in [0.15, 0.2) is 23.2 Å². The third-order valence-electron chi connectivity index (χ3n) is 3.65. The van der Waals surface area contributed by atoms with E-state index in [-0.39, 0.29) is 5.54 Å². The molecule has 1 unspecified atom stereocenters. The topological polar surface area (TPSA) is 42.8 Å². The third-order valence-corrected chi connectivity index (χ3v) is 4.88. The highest BCUT2D eigenvalue weighted by molar-refractivity contribution is 8.14. The van der Waals surface area contributed by atoms with Gasteiger partial charge in [0.25, 0.3) is 0 Å². The third kappa shape index (κ3) is 2.87. The summed E-state index contributed by atoms with van der Waals surface area (Å²) in [5, 5.41) is 4.37. The Kier molecular flexibility index (Phi) is 3.78. The number of amidine groups is 1. The number of hydrogen-bond donors (Lipinski definition) is 1. The lowest BCUT2D eigenvalue weighted by Gasteiger charge is -2.15. The van der Waals surface area contributed by atoms with Crippen LogP contribution >= 0.6 is 11.8 Å². The van der Waals surface area contributed by atoms with Crippen molar-refractivity contribution in [1.29, 1.82) is 0 Å². The Labute approximate surface area is 123 Å². The first-order valence-corrected chi connectivity index (χ1v) is 8.06. The van der Waals surface area contributed by atoms with Gasteiger partial charge in [0.05, 0.1) is 18.8 Å². The number of nitrogens with zero attached hydrogens (tertiary/aromatic N) is 1. The number of nitrogens with one attached hydrogen (secondary N) is 1. The maximum atomic E-state index is 5.70. The summed E-state index contributed by atoms with van der Waals surface area (Å²) in [5.74, 6) is 2.68. The van der Waals surface area contributed by atoms with E-state index in [0.29, 0.717) is 6.61 Å². The molecule has 2 aliphatic rings. The first-order chi connectivity index (χ1) is 9.68. The quantitative estimate of drug-likeness (QED) is 0.905. The minimum atomic E-state index is 0.0678. The number of fused-ring (bicyclic) bond motifs is 1. The Balaban J connectivity index is 1.76. The smallest absolute Gasteiger partial charge is 0.163 e. The van der Waals surface area contributed by atoms with Crippen molar-refractivity contribution < 1.29 is 9.47 Å². The summed E-state index contributed by atoms with van der Waals surface area (Å²) in [7, 11) is 0. The van der Waals surface area contributed by atoms with Gasteiger partial charge in [-0.2, -0.15) is 0 Å². The molecule has 5 heteroatoms. The molecule has 0 amide bonds. The van der Waals surface area contributed by atoms with E-state index in [1.54, 1.807) is 11.8 Å². The van der Waals surface area contributed by atoms with Crippen LogP contribution in [0.5, 0.6) is 11.5 Å². The number of rotatable bonds is 2. The Morgan fingerprint density at radius 3 is 2.85 bits per heavy atom. The molecule has 2 heterocycles. The number of thioether (sulfide) groups is 1. The molecular formula is C15H20N2O2S. The van der Waals surface area contributed by atoms with Crippen LogP contribution in [0.25, 0.3) is 0 Å². The largest absolute Gasteiger partial charge is 0.490 e. The normalized spacial score (nSPS) is 25.0. The van der Waals surface area contributed by atoms with Gasteiger partial charge in [0.15, 0.2) is 16.7 Å². The molecule has 0 fully saturated rings. The van der Waals surface area contributed by atoms with E-state index in [9.17, 15) is 0 Å². The van der Waals surface area contributed by atoms with Crippen molar-refractivity contribution in [3.05, 3.63) is 18.2 Å². The molecule has 0 aromatic heterocycles. The molecule has 0 radical (unpaired) electrons. The Bertz CT molecular complexity index is 533. The van der Waals surface area contributed by atoms with Crippen LogP contribution in [0, 0.1) is 0 Å². The molecule has 20 heavy (non-hydrogen) atoms. The fraction of sp³-hybridized carbons (Fsp3) is 0.533. The molecule has 0 saturated heterocycles. The Morgan fingerprint density at radius 2 is 2.10 bits per heavy atom. The molecule has 0 aliphatic carbocycles. The van der Waals surface area contributed by atoms with Crippen LogP contribution in [-0.4, -0.2) is 29.7 Å². The van der Waals surface area contributed by atoms with Crippen LogP contribution < -0.4 is 14.8 Å². The van der Waals surface area contributed by atoms with E-state index < -0.39 is 0 Å². The van der Waals surface area contributed by atoms with Gasteiger partial charge in [-0.25, -0.2) is 0 Å². The fourth-order valence-corrected chi connectivity index (χ4v) is 3.33. The summed E-state index contributed by atoms with van der Waals surface area (Å²) in [6.45, 7) is 5.81. The molecule has 0 bridgehead atoms. The Hall–Kier alpha value is -1.36. The summed E-state index contributed by atoms with van der Waals surface area (Å²) in [6.07, 6.45) is 1.99. The maximum absolute atomic E-state index is 5.70. The van der Waals surface area contributed by atoms with Crippen molar-refractivity contribution in [3.8, 4) is 11.5 Å². The zero-order valence-corrected chi connectivity index (χ0v) is 12.8. The first-order valence-electron chi connectivity index (χ1n) is 7.08. The molecule has 1 aromatic carbocycles. The lowest BCUT2D eigenvalue weighted by Crippen LogP contribution is -2.20. The number of hydrogen-bond acceptors (Lipinski definition) is 5. The predicted octanol–water partition coefficient (Wildman–Crippen LogP) is 3.53. The second-order valence-corrected chi connectivity index (χ2v) is 6.36. The van der Waals surface area contributed by atoms with Crippen molar-refractivity contribution in [2.75, 3.05) is 24.3 Å². The molecule has 1 atom stereocenters. The van der Waals surface area contributed by atoms with Gasteiger partial charge < -0.3 is 14.8 Å². The standard InChI is InChI=1S/C15H20N2O2S/c1-3-15(2)10-20-14(17-15)16-11-5-6-12-13(9-11)19-8-4-7-18-12/h5-6,9H,3-4,7-8,10H2,1-2H3,(H,16,17). The SMILES string of the molecule is CCC1(C)CSC(Nc2ccc3c(c2)OCCCO3)=N1. The van der Waals surface area contributed by atoms with E-state index in [0.717, 1.165) is 47.6 Å². The molecule has 3 rings (SSSR count). The summed E-state index contributed by atoms with van der Waals surface area (Å²) in [6, 6.07) is 5.96. The summed E-state index contributed by atoms with van der Waals surface area (Å²) < 4.78 is 11.3. The van der Waals surface area contributed by atoms with Gasteiger partial charge in [0.1, 0.15) is 0 Å². The summed E-state index contributed by atoms with van der Waals surface area (Å²) in [5.41, 5.74) is 1.07. The molecular weight excluding hydrogens is 272 g/mol. The lowest BCUT2D eigenvalue weighted by molar-refractivity contribution is 0.297. The van der Waals surface area contributed by atoms with E-state index in [1.165, 1.54) is 0 Å². The second kappa shape index (κ2) is 5.56. The van der Waals surface area contributed by atoms with Crippen molar-refractivity contribution in [2.24, 2.45) is 4.99 Å². The molecule has 0 spiro atoms. The lowest BCUT2D eigenvalue weighted by atomic mass is 10.0.